The second kappa shape index (κ2) is 3.35. The average Bonchev–Trinajstić information content (AvgIpc) is 2.61. The minimum Gasteiger partial charge on any atom is -0.375 e. The summed E-state index contributed by atoms with van der Waals surface area (Å²) in [6.45, 7) is 10.2. The van der Waals surface area contributed by atoms with Crippen LogP contribution in [0.2, 0.25) is 0 Å². The molecule has 1 aliphatic heterocycles. The summed E-state index contributed by atoms with van der Waals surface area (Å²) in [4.78, 5) is 0. The van der Waals surface area contributed by atoms with Gasteiger partial charge in [0.15, 0.2) is 0 Å². The fourth-order valence-corrected chi connectivity index (χ4v) is 4.98. The SMILES string of the molecule is C=C1CCC[C@@]2(C)C1CC[C@@]1(C)OCC[C@@H]12. The van der Waals surface area contributed by atoms with E-state index >= 15 is 0 Å². The topological polar surface area (TPSA) is 9.23 Å². The third kappa shape index (κ3) is 1.27. The number of hydrogen-bond acceptors (Lipinski definition) is 1. The summed E-state index contributed by atoms with van der Waals surface area (Å²) < 4.78 is 6.06. The van der Waals surface area contributed by atoms with Gasteiger partial charge in [0.25, 0.3) is 0 Å². The maximum absolute atomic E-state index is 6.06. The number of rotatable bonds is 0. The molecule has 3 fully saturated rings. The normalized spacial score (nSPS) is 52.2. The van der Waals surface area contributed by atoms with Crippen molar-refractivity contribution < 1.29 is 4.74 Å². The van der Waals surface area contributed by atoms with E-state index in [0.717, 1.165) is 18.4 Å². The first-order valence-corrected chi connectivity index (χ1v) is 6.88. The lowest BCUT2D eigenvalue weighted by Crippen LogP contribution is -2.52. The molecule has 0 aromatic heterocycles. The van der Waals surface area contributed by atoms with Crippen LogP contribution in [0.25, 0.3) is 0 Å². The van der Waals surface area contributed by atoms with Gasteiger partial charge in [0.1, 0.15) is 0 Å². The summed E-state index contributed by atoms with van der Waals surface area (Å²) in [5.74, 6) is 1.55. The van der Waals surface area contributed by atoms with Gasteiger partial charge in [-0.25, -0.2) is 0 Å². The van der Waals surface area contributed by atoms with Crippen molar-refractivity contribution in [1.82, 2.24) is 0 Å². The van der Waals surface area contributed by atoms with Crippen LogP contribution < -0.4 is 0 Å². The second-order valence-corrected chi connectivity index (χ2v) is 6.61. The standard InChI is InChI=1S/C15H24O/c1-11-5-4-8-14(2)12(11)6-9-15(3)13(14)7-10-16-15/h12-13H,1,4-10H2,2-3H3/t12?,13-,14+,15-/m1/s1. The van der Waals surface area contributed by atoms with Crippen molar-refractivity contribution in [2.75, 3.05) is 6.61 Å². The first-order chi connectivity index (χ1) is 7.56. The van der Waals surface area contributed by atoms with Gasteiger partial charge in [0.2, 0.25) is 0 Å². The molecule has 0 N–H and O–H groups in total. The maximum Gasteiger partial charge on any atom is 0.0689 e. The molecule has 0 radical (unpaired) electrons. The van der Waals surface area contributed by atoms with Gasteiger partial charge in [-0.3, -0.25) is 0 Å². The van der Waals surface area contributed by atoms with Gasteiger partial charge < -0.3 is 4.74 Å². The van der Waals surface area contributed by atoms with Crippen LogP contribution >= 0.6 is 0 Å². The first kappa shape index (κ1) is 10.8. The Balaban J connectivity index is 1.97. The Kier molecular flexibility index (Phi) is 2.27. The van der Waals surface area contributed by atoms with E-state index in [1.54, 1.807) is 0 Å². The molecular weight excluding hydrogens is 196 g/mol. The van der Waals surface area contributed by atoms with E-state index < -0.39 is 0 Å². The smallest absolute Gasteiger partial charge is 0.0689 e. The third-order valence-electron chi connectivity index (χ3n) is 5.80. The van der Waals surface area contributed by atoms with Crippen LogP contribution in [-0.2, 0) is 4.74 Å². The van der Waals surface area contributed by atoms with E-state index in [0.29, 0.717) is 5.41 Å². The van der Waals surface area contributed by atoms with E-state index in [-0.39, 0.29) is 5.60 Å². The van der Waals surface area contributed by atoms with Crippen molar-refractivity contribution >= 4 is 0 Å². The molecule has 3 aliphatic rings. The lowest BCUT2D eigenvalue weighted by molar-refractivity contribution is -0.102. The predicted octanol–water partition coefficient (Wildman–Crippen LogP) is 3.94. The van der Waals surface area contributed by atoms with Crippen molar-refractivity contribution in [2.45, 2.75) is 58.0 Å². The minimum absolute atomic E-state index is 0.183. The molecule has 1 heteroatoms. The van der Waals surface area contributed by atoms with Crippen LogP contribution in [-0.4, -0.2) is 12.2 Å². The highest BCUT2D eigenvalue weighted by Gasteiger charge is 2.57. The molecule has 0 amide bonds. The fourth-order valence-electron chi connectivity index (χ4n) is 4.98. The summed E-state index contributed by atoms with van der Waals surface area (Å²) >= 11 is 0. The van der Waals surface area contributed by atoms with Gasteiger partial charge in [-0.05, 0) is 62.7 Å². The highest BCUT2D eigenvalue weighted by molar-refractivity contribution is 5.17. The van der Waals surface area contributed by atoms with E-state index in [9.17, 15) is 0 Å². The molecule has 0 spiro atoms. The molecule has 1 unspecified atom stereocenters. The third-order valence-corrected chi connectivity index (χ3v) is 5.80. The molecule has 1 heterocycles. The van der Waals surface area contributed by atoms with E-state index in [4.69, 9.17) is 4.74 Å². The molecule has 90 valence electrons. The summed E-state index contributed by atoms with van der Waals surface area (Å²) in [6.07, 6.45) is 7.83. The Morgan fingerprint density at radius 2 is 2.06 bits per heavy atom. The highest BCUT2D eigenvalue weighted by atomic mass is 16.5. The molecule has 4 atom stereocenters. The predicted molar refractivity (Wildman–Crippen MR) is 66.3 cm³/mol. The lowest BCUT2D eigenvalue weighted by atomic mass is 9.50. The van der Waals surface area contributed by atoms with Gasteiger partial charge in [-0.1, -0.05) is 19.1 Å². The molecule has 2 aliphatic carbocycles. The van der Waals surface area contributed by atoms with Crippen LogP contribution in [0.4, 0.5) is 0 Å². The molecule has 1 nitrogen and oxygen atoms in total. The van der Waals surface area contributed by atoms with Crippen molar-refractivity contribution in [3.63, 3.8) is 0 Å². The Morgan fingerprint density at radius 1 is 1.25 bits per heavy atom. The zero-order valence-electron chi connectivity index (χ0n) is 10.7. The van der Waals surface area contributed by atoms with Crippen molar-refractivity contribution in [3.8, 4) is 0 Å². The fraction of sp³-hybridized carbons (Fsp3) is 0.867. The molecular formula is C15H24O. The number of ether oxygens (including phenoxy) is 1. The van der Waals surface area contributed by atoms with Crippen LogP contribution in [0, 0.1) is 17.3 Å². The second-order valence-electron chi connectivity index (χ2n) is 6.61. The van der Waals surface area contributed by atoms with Crippen molar-refractivity contribution in [1.29, 1.82) is 0 Å². The Morgan fingerprint density at radius 3 is 2.88 bits per heavy atom. The maximum atomic E-state index is 6.06. The first-order valence-electron chi connectivity index (χ1n) is 6.88. The molecule has 0 aromatic carbocycles. The largest absolute Gasteiger partial charge is 0.375 e. The van der Waals surface area contributed by atoms with Gasteiger partial charge in [0, 0.05) is 6.61 Å². The minimum atomic E-state index is 0.183. The van der Waals surface area contributed by atoms with E-state index in [2.05, 4.69) is 20.4 Å². The number of fused-ring (bicyclic) bond motifs is 3. The Labute approximate surface area is 99.3 Å². The molecule has 3 rings (SSSR count). The quantitative estimate of drug-likeness (QED) is 0.562. The molecule has 0 aromatic rings. The van der Waals surface area contributed by atoms with Crippen LogP contribution in [0.15, 0.2) is 12.2 Å². The zero-order valence-corrected chi connectivity index (χ0v) is 10.7. The molecule has 16 heavy (non-hydrogen) atoms. The number of hydrogen-bond donors (Lipinski definition) is 0. The molecule has 1 saturated heterocycles. The monoisotopic (exact) mass is 220 g/mol. The Bertz CT molecular complexity index is 321. The van der Waals surface area contributed by atoms with Crippen LogP contribution in [0.5, 0.6) is 0 Å². The van der Waals surface area contributed by atoms with Gasteiger partial charge in [0.05, 0.1) is 5.60 Å². The van der Waals surface area contributed by atoms with Crippen molar-refractivity contribution in [3.05, 3.63) is 12.2 Å². The van der Waals surface area contributed by atoms with Crippen LogP contribution in [0.3, 0.4) is 0 Å². The Hall–Kier alpha value is -0.300. The average molecular weight is 220 g/mol. The zero-order chi connectivity index (χ0) is 11.4. The summed E-state index contributed by atoms with van der Waals surface area (Å²) in [6, 6.07) is 0. The number of allylic oxidation sites excluding steroid dienone is 1. The summed E-state index contributed by atoms with van der Waals surface area (Å²) in [7, 11) is 0. The van der Waals surface area contributed by atoms with Crippen molar-refractivity contribution in [2.24, 2.45) is 17.3 Å². The van der Waals surface area contributed by atoms with Crippen LogP contribution in [0.1, 0.15) is 52.4 Å². The van der Waals surface area contributed by atoms with E-state index in [1.807, 2.05) is 0 Å². The lowest BCUT2D eigenvalue weighted by Gasteiger charge is -2.55. The highest BCUT2D eigenvalue weighted by Crippen LogP contribution is 2.61. The van der Waals surface area contributed by atoms with E-state index in [1.165, 1.54) is 44.1 Å². The van der Waals surface area contributed by atoms with Gasteiger partial charge in [-0.15, -0.1) is 0 Å². The summed E-state index contributed by atoms with van der Waals surface area (Å²) in [5.41, 5.74) is 2.20. The summed E-state index contributed by atoms with van der Waals surface area (Å²) in [5, 5.41) is 0. The van der Waals surface area contributed by atoms with Gasteiger partial charge >= 0.3 is 0 Å². The molecule has 0 bridgehead atoms. The van der Waals surface area contributed by atoms with Gasteiger partial charge in [-0.2, -0.15) is 0 Å². The molecule has 2 saturated carbocycles.